The number of hydrogen-bond acceptors (Lipinski definition) is 2. The molecule has 0 fully saturated rings. The van der Waals surface area contributed by atoms with Crippen LogP contribution in [-0.2, 0) is 4.74 Å². The molecule has 0 bridgehead atoms. The molecule has 0 radical (unpaired) electrons. The third-order valence-corrected chi connectivity index (χ3v) is 3.64. The maximum absolute atomic E-state index is 5.47. The molecule has 0 unspecified atom stereocenters. The molecule has 0 atom stereocenters. The van der Waals surface area contributed by atoms with E-state index >= 15 is 0 Å². The van der Waals surface area contributed by atoms with Gasteiger partial charge < -0.3 is 4.74 Å². The molecule has 1 aromatic carbocycles. The molecular formula is C20H29NO. The lowest BCUT2D eigenvalue weighted by atomic mass is 10.0. The normalized spacial score (nSPS) is 12.1. The molecule has 120 valence electrons. The summed E-state index contributed by atoms with van der Waals surface area (Å²) in [4.78, 5) is 4.50. The summed E-state index contributed by atoms with van der Waals surface area (Å²) in [5, 5.41) is 0. The van der Waals surface area contributed by atoms with Crippen LogP contribution in [0.2, 0.25) is 0 Å². The smallest absolute Gasteiger partial charge is 0.0469 e. The maximum atomic E-state index is 5.47. The van der Waals surface area contributed by atoms with Crippen LogP contribution in [0.15, 0.2) is 41.5 Å². The van der Waals surface area contributed by atoms with Crippen molar-refractivity contribution in [1.29, 1.82) is 0 Å². The molecule has 0 N–H and O–H groups in total. The Labute approximate surface area is 135 Å². The van der Waals surface area contributed by atoms with Gasteiger partial charge in [0, 0.05) is 25.1 Å². The van der Waals surface area contributed by atoms with Crippen LogP contribution in [-0.4, -0.2) is 19.4 Å². The monoisotopic (exact) mass is 299 g/mol. The lowest BCUT2D eigenvalue weighted by molar-refractivity contribution is 0.132. The van der Waals surface area contributed by atoms with E-state index in [2.05, 4.69) is 56.6 Å². The van der Waals surface area contributed by atoms with Crippen molar-refractivity contribution in [3.63, 3.8) is 0 Å². The van der Waals surface area contributed by atoms with Crippen molar-refractivity contribution in [2.24, 2.45) is 4.99 Å². The first kappa shape index (κ1) is 18.4. The zero-order valence-electron chi connectivity index (χ0n) is 14.5. The van der Waals surface area contributed by atoms with Crippen molar-refractivity contribution < 1.29 is 4.74 Å². The molecule has 2 heteroatoms. The first-order chi connectivity index (χ1) is 10.6. The zero-order valence-corrected chi connectivity index (χ0v) is 14.5. The second-order valence-electron chi connectivity index (χ2n) is 5.58. The van der Waals surface area contributed by atoms with E-state index in [1.54, 1.807) is 0 Å². The van der Waals surface area contributed by atoms with Crippen molar-refractivity contribution in [3.05, 3.63) is 53.2 Å². The van der Waals surface area contributed by atoms with Gasteiger partial charge in [0.15, 0.2) is 0 Å². The van der Waals surface area contributed by atoms with Crippen LogP contribution in [0, 0.1) is 13.8 Å². The predicted molar refractivity (Wildman–Crippen MR) is 97.5 cm³/mol. The Bertz CT molecular complexity index is 541. The zero-order chi connectivity index (χ0) is 16.4. The van der Waals surface area contributed by atoms with Crippen LogP contribution in [0.1, 0.15) is 49.8 Å². The molecule has 22 heavy (non-hydrogen) atoms. The minimum absolute atomic E-state index is 0.788. The minimum atomic E-state index is 0.788. The highest BCUT2D eigenvalue weighted by Gasteiger charge is 2.00. The third kappa shape index (κ3) is 6.40. The van der Waals surface area contributed by atoms with Crippen molar-refractivity contribution in [3.8, 4) is 0 Å². The number of ether oxygens (including phenoxy) is 1. The van der Waals surface area contributed by atoms with Gasteiger partial charge in [-0.2, -0.15) is 0 Å². The summed E-state index contributed by atoms with van der Waals surface area (Å²) in [6, 6.07) is 6.50. The molecule has 0 saturated heterocycles. The summed E-state index contributed by atoms with van der Waals surface area (Å²) >= 11 is 0. The van der Waals surface area contributed by atoms with Crippen molar-refractivity contribution in [2.75, 3.05) is 13.2 Å². The van der Waals surface area contributed by atoms with E-state index in [0.29, 0.717) is 0 Å². The number of benzene rings is 1. The predicted octanol–water partition coefficient (Wildman–Crippen LogP) is 5.50. The van der Waals surface area contributed by atoms with Gasteiger partial charge in [0.2, 0.25) is 0 Å². The average Bonchev–Trinajstić information content (AvgIpc) is 2.51. The van der Waals surface area contributed by atoms with Crippen LogP contribution in [0.5, 0.6) is 0 Å². The average molecular weight is 299 g/mol. The van der Waals surface area contributed by atoms with Gasteiger partial charge in [-0.25, -0.2) is 0 Å². The van der Waals surface area contributed by atoms with Gasteiger partial charge in [0.05, 0.1) is 0 Å². The molecule has 1 rings (SSSR count). The van der Waals surface area contributed by atoms with E-state index in [9.17, 15) is 0 Å². The number of allylic oxidation sites excluding steroid dienone is 3. The Balaban J connectivity index is 2.55. The van der Waals surface area contributed by atoms with Crippen LogP contribution >= 0.6 is 0 Å². The molecule has 0 aliphatic rings. The SMILES string of the molecule is C=C(CCCOCCC)N=C/C(=C\C)c1ccc(C)c(C)c1. The Kier molecular flexibility index (Phi) is 8.46. The number of hydrogen-bond donors (Lipinski definition) is 0. The van der Waals surface area contributed by atoms with Crippen LogP contribution in [0.3, 0.4) is 0 Å². The van der Waals surface area contributed by atoms with Crippen molar-refractivity contribution >= 4 is 11.8 Å². The molecule has 0 heterocycles. The second kappa shape index (κ2) is 10.1. The van der Waals surface area contributed by atoms with Crippen LogP contribution in [0.25, 0.3) is 5.57 Å². The van der Waals surface area contributed by atoms with Gasteiger partial charge in [0.1, 0.15) is 0 Å². The van der Waals surface area contributed by atoms with Crippen LogP contribution in [0.4, 0.5) is 0 Å². The molecule has 0 amide bonds. The van der Waals surface area contributed by atoms with Crippen LogP contribution < -0.4 is 0 Å². The summed E-state index contributed by atoms with van der Waals surface area (Å²) in [5.74, 6) is 0. The Morgan fingerprint density at radius 2 is 2.00 bits per heavy atom. The van der Waals surface area contributed by atoms with Crippen molar-refractivity contribution in [1.82, 2.24) is 0 Å². The number of nitrogens with zero attached hydrogens (tertiary/aromatic N) is 1. The first-order valence-corrected chi connectivity index (χ1v) is 8.12. The molecule has 1 aromatic rings. The summed E-state index contributed by atoms with van der Waals surface area (Å²) in [5.41, 5.74) is 5.85. The molecule has 0 saturated carbocycles. The fourth-order valence-electron chi connectivity index (χ4n) is 2.09. The number of aryl methyl sites for hydroxylation is 2. The quantitative estimate of drug-likeness (QED) is 0.436. The fraction of sp³-hybridized carbons (Fsp3) is 0.450. The molecule has 0 spiro atoms. The Hall–Kier alpha value is -1.67. The third-order valence-electron chi connectivity index (χ3n) is 3.64. The molecule has 0 aliphatic carbocycles. The highest BCUT2D eigenvalue weighted by Crippen LogP contribution is 2.17. The summed E-state index contributed by atoms with van der Waals surface area (Å²) < 4.78 is 5.47. The molecule has 2 nitrogen and oxygen atoms in total. The Morgan fingerprint density at radius 3 is 2.64 bits per heavy atom. The van der Waals surface area contributed by atoms with E-state index in [0.717, 1.165) is 43.7 Å². The molecule has 0 aromatic heterocycles. The minimum Gasteiger partial charge on any atom is -0.381 e. The van der Waals surface area contributed by atoms with E-state index in [-0.39, 0.29) is 0 Å². The Morgan fingerprint density at radius 1 is 1.23 bits per heavy atom. The second-order valence-corrected chi connectivity index (χ2v) is 5.58. The lowest BCUT2D eigenvalue weighted by Crippen LogP contribution is -1.96. The maximum Gasteiger partial charge on any atom is 0.0469 e. The summed E-state index contributed by atoms with van der Waals surface area (Å²) in [6.45, 7) is 14.1. The van der Waals surface area contributed by atoms with Gasteiger partial charge in [0.25, 0.3) is 0 Å². The number of aliphatic imine (C=N–C) groups is 1. The van der Waals surface area contributed by atoms with Gasteiger partial charge in [-0.15, -0.1) is 0 Å². The van der Waals surface area contributed by atoms with E-state index in [1.165, 1.54) is 16.7 Å². The fourth-order valence-corrected chi connectivity index (χ4v) is 2.09. The topological polar surface area (TPSA) is 21.6 Å². The first-order valence-electron chi connectivity index (χ1n) is 8.12. The van der Waals surface area contributed by atoms with Gasteiger partial charge in [-0.1, -0.05) is 37.8 Å². The standard InChI is InChI=1S/C20H29NO/c1-6-12-22-13-8-9-18(5)21-15-19(7-2)20-11-10-16(3)17(4)14-20/h7,10-11,14-15H,5-6,8-9,12-13H2,1-4H3/b19-7+,21-15?. The summed E-state index contributed by atoms with van der Waals surface area (Å²) in [6.07, 6.45) is 6.93. The summed E-state index contributed by atoms with van der Waals surface area (Å²) in [7, 11) is 0. The highest BCUT2D eigenvalue weighted by atomic mass is 16.5. The van der Waals surface area contributed by atoms with E-state index in [4.69, 9.17) is 4.74 Å². The van der Waals surface area contributed by atoms with E-state index < -0.39 is 0 Å². The number of rotatable bonds is 9. The molecule has 0 aliphatic heterocycles. The van der Waals surface area contributed by atoms with E-state index in [1.807, 2.05) is 13.1 Å². The largest absolute Gasteiger partial charge is 0.381 e. The lowest BCUT2D eigenvalue weighted by Gasteiger charge is -2.06. The van der Waals surface area contributed by atoms with Crippen molar-refractivity contribution in [2.45, 2.75) is 47.0 Å². The molecular weight excluding hydrogens is 270 g/mol. The van der Waals surface area contributed by atoms with Gasteiger partial charge >= 0.3 is 0 Å². The van der Waals surface area contributed by atoms with Gasteiger partial charge in [-0.05, 0) is 62.3 Å². The highest BCUT2D eigenvalue weighted by molar-refractivity contribution is 6.10. The van der Waals surface area contributed by atoms with Gasteiger partial charge in [-0.3, -0.25) is 4.99 Å².